The molecule has 0 saturated heterocycles. The zero-order valence-corrected chi connectivity index (χ0v) is 11.7. The van der Waals surface area contributed by atoms with E-state index in [1.807, 2.05) is 12.1 Å². The molecule has 3 rings (SSSR count). The molecule has 0 atom stereocenters. The highest BCUT2D eigenvalue weighted by atomic mass is 19.1. The zero-order chi connectivity index (χ0) is 15.2. The summed E-state index contributed by atoms with van der Waals surface area (Å²) in [5.74, 6) is 0.973. The lowest BCUT2D eigenvalue weighted by Gasteiger charge is -2.08. The first kappa shape index (κ1) is 13.9. The second-order valence-corrected chi connectivity index (χ2v) is 4.64. The van der Waals surface area contributed by atoms with Crippen LogP contribution in [0.25, 0.3) is 0 Å². The molecule has 2 N–H and O–H groups in total. The second kappa shape index (κ2) is 6.62. The lowest BCUT2D eigenvalue weighted by atomic mass is 10.3. The number of hydrogen-bond donors (Lipinski definition) is 2. The van der Waals surface area contributed by atoms with Crippen LogP contribution in [0, 0.1) is 5.82 Å². The molecule has 0 aliphatic heterocycles. The Morgan fingerprint density at radius 2 is 1.91 bits per heavy atom. The maximum atomic E-state index is 13.2. The maximum Gasteiger partial charge on any atom is 0.135 e. The Bertz CT molecular complexity index is 748. The lowest BCUT2D eigenvalue weighted by Crippen LogP contribution is -2.03. The van der Waals surface area contributed by atoms with Crippen molar-refractivity contribution in [3.63, 3.8) is 0 Å². The van der Waals surface area contributed by atoms with Crippen molar-refractivity contribution >= 4 is 17.3 Å². The van der Waals surface area contributed by atoms with Crippen LogP contribution in [-0.2, 0) is 6.54 Å². The number of rotatable bonds is 5. The first-order valence-corrected chi connectivity index (χ1v) is 6.77. The topological polar surface area (TPSA) is 62.7 Å². The van der Waals surface area contributed by atoms with Gasteiger partial charge in [0.05, 0.1) is 0 Å². The molecule has 0 bridgehead atoms. The molecule has 110 valence electrons. The van der Waals surface area contributed by atoms with Gasteiger partial charge in [-0.3, -0.25) is 4.98 Å². The third-order valence-corrected chi connectivity index (χ3v) is 2.96. The highest BCUT2D eigenvalue weighted by Gasteiger charge is 2.01. The van der Waals surface area contributed by atoms with E-state index < -0.39 is 0 Å². The van der Waals surface area contributed by atoms with Gasteiger partial charge < -0.3 is 10.6 Å². The highest BCUT2D eigenvalue weighted by Crippen LogP contribution is 2.17. The molecule has 3 aromatic rings. The number of anilines is 3. The number of nitrogens with zero attached hydrogens (tertiary/aromatic N) is 3. The summed E-state index contributed by atoms with van der Waals surface area (Å²) in [6, 6.07) is 11.8. The van der Waals surface area contributed by atoms with E-state index in [0.29, 0.717) is 23.9 Å². The van der Waals surface area contributed by atoms with Crippen LogP contribution in [0.3, 0.4) is 0 Å². The van der Waals surface area contributed by atoms with Crippen LogP contribution in [0.2, 0.25) is 0 Å². The van der Waals surface area contributed by atoms with Gasteiger partial charge in [0.25, 0.3) is 0 Å². The van der Waals surface area contributed by atoms with Gasteiger partial charge in [0.15, 0.2) is 0 Å². The molecular weight excluding hydrogens is 281 g/mol. The standard InChI is InChI=1S/C16H14FN5/c17-13-4-1-5-14(7-13)22-16-8-15(20-11-21-16)19-10-12-3-2-6-18-9-12/h1-9,11H,10H2,(H2,19,20,21,22). The molecule has 6 heteroatoms. The molecule has 0 spiro atoms. The van der Waals surface area contributed by atoms with Crippen molar-refractivity contribution in [2.24, 2.45) is 0 Å². The second-order valence-electron chi connectivity index (χ2n) is 4.64. The first-order chi connectivity index (χ1) is 10.8. The molecule has 0 aliphatic rings. The minimum atomic E-state index is -0.297. The summed E-state index contributed by atoms with van der Waals surface area (Å²) < 4.78 is 13.2. The van der Waals surface area contributed by atoms with Crippen molar-refractivity contribution in [1.82, 2.24) is 15.0 Å². The Labute approximate surface area is 127 Å². The third kappa shape index (κ3) is 3.76. The summed E-state index contributed by atoms with van der Waals surface area (Å²) in [6.45, 7) is 0.615. The summed E-state index contributed by atoms with van der Waals surface area (Å²) in [7, 11) is 0. The van der Waals surface area contributed by atoms with Crippen LogP contribution < -0.4 is 10.6 Å². The molecule has 0 fully saturated rings. The van der Waals surface area contributed by atoms with Gasteiger partial charge >= 0.3 is 0 Å². The number of nitrogens with one attached hydrogen (secondary N) is 2. The minimum Gasteiger partial charge on any atom is -0.366 e. The largest absolute Gasteiger partial charge is 0.366 e. The quantitative estimate of drug-likeness (QED) is 0.755. The normalized spacial score (nSPS) is 10.2. The van der Waals surface area contributed by atoms with E-state index in [-0.39, 0.29) is 5.82 Å². The maximum absolute atomic E-state index is 13.2. The van der Waals surface area contributed by atoms with Crippen LogP contribution in [0.15, 0.2) is 61.2 Å². The van der Waals surface area contributed by atoms with Crippen molar-refractivity contribution in [3.05, 3.63) is 72.6 Å². The molecule has 0 amide bonds. The fraction of sp³-hybridized carbons (Fsp3) is 0.0625. The van der Waals surface area contributed by atoms with E-state index in [2.05, 4.69) is 25.6 Å². The van der Waals surface area contributed by atoms with Crippen LogP contribution in [0.4, 0.5) is 21.7 Å². The van der Waals surface area contributed by atoms with Gasteiger partial charge in [-0.05, 0) is 29.8 Å². The molecule has 5 nitrogen and oxygen atoms in total. The molecule has 0 unspecified atom stereocenters. The Morgan fingerprint density at radius 1 is 1.00 bits per heavy atom. The van der Waals surface area contributed by atoms with Crippen molar-refractivity contribution < 1.29 is 4.39 Å². The predicted molar refractivity (Wildman–Crippen MR) is 83.3 cm³/mol. The Morgan fingerprint density at radius 3 is 2.73 bits per heavy atom. The number of aromatic nitrogens is 3. The summed E-state index contributed by atoms with van der Waals surface area (Å²) >= 11 is 0. The first-order valence-electron chi connectivity index (χ1n) is 6.77. The number of pyridine rings is 1. The Hall–Kier alpha value is -3.02. The van der Waals surface area contributed by atoms with Crippen LogP contribution in [0.5, 0.6) is 0 Å². The van der Waals surface area contributed by atoms with E-state index in [1.165, 1.54) is 18.5 Å². The molecule has 1 aromatic carbocycles. The average molecular weight is 295 g/mol. The smallest absolute Gasteiger partial charge is 0.135 e. The number of hydrogen-bond acceptors (Lipinski definition) is 5. The molecule has 0 radical (unpaired) electrons. The third-order valence-electron chi connectivity index (χ3n) is 2.96. The summed E-state index contributed by atoms with van der Waals surface area (Å²) in [5, 5.41) is 6.23. The van der Waals surface area contributed by atoms with E-state index >= 15 is 0 Å². The number of halogens is 1. The zero-order valence-electron chi connectivity index (χ0n) is 11.7. The minimum absolute atomic E-state index is 0.297. The monoisotopic (exact) mass is 295 g/mol. The Balaban J connectivity index is 1.67. The van der Waals surface area contributed by atoms with Crippen molar-refractivity contribution in [2.45, 2.75) is 6.54 Å². The van der Waals surface area contributed by atoms with Gasteiger partial charge in [0.1, 0.15) is 23.8 Å². The molecule has 0 saturated carbocycles. The van der Waals surface area contributed by atoms with E-state index in [4.69, 9.17) is 0 Å². The summed E-state index contributed by atoms with van der Waals surface area (Å²) in [5.41, 5.74) is 1.69. The SMILES string of the molecule is Fc1cccc(Nc2cc(NCc3cccnc3)ncn2)c1. The van der Waals surface area contributed by atoms with Gasteiger partial charge in [-0.15, -0.1) is 0 Å². The van der Waals surface area contributed by atoms with E-state index in [1.54, 1.807) is 30.6 Å². The average Bonchev–Trinajstić information content (AvgIpc) is 2.54. The van der Waals surface area contributed by atoms with Gasteiger partial charge in [-0.25, -0.2) is 14.4 Å². The molecule has 22 heavy (non-hydrogen) atoms. The summed E-state index contributed by atoms with van der Waals surface area (Å²) in [6.07, 6.45) is 4.97. The van der Waals surface area contributed by atoms with Crippen molar-refractivity contribution in [1.29, 1.82) is 0 Å². The number of benzene rings is 1. The lowest BCUT2D eigenvalue weighted by molar-refractivity contribution is 0.628. The van der Waals surface area contributed by atoms with Crippen LogP contribution in [-0.4, -0.2) is 15.0 Å². The van der Waals surface area contributed by atoms with Crippen molar-refractivity contribution in [3.8, 4) is 0 Å². The fourth-order valence-corrected chi connectivity index (χ4v) is 1.93. The van der Waals surface area contributed by atoms with Gasteiger partial charge in [-0.1, -0.05) is 12.1 Å². The predicted octanol–water partition coefficient (Wildman–Crippen LogP) is 3.37. The molecule has 2 heterocycles. The van der Waals surface area contributed by atoms with E-state index in [9.17, 15) is 4.39 Å². The van der Waals surface area contributed by atoms with Gasteiger partial charge in [0, 0.05) is 30.7 Å². The summed E-state index contributed by atoms with van der Waals surface area (Å²) in [4.78, 5) is 12.3. The van der Waals surface area contributed by atoms with Crippen LogP contribution >= 0.6 is 0 Å². The fourth-order valence-electron chi connectivity index (χ4n) is 1.93. The van der Waals surface area contributed by atoms with E-state index in [0.717, 1.165) is 5.56 Å². The van der Waals surface area contributed by atoms with Gasteiger partial charge in [-0.2, -0.15) is 0 Å². The van der Waals surface area contributed by atoms with Gasteiger partial charge in [0.2, 0.25) is 0 Å². The van der Waals surface area contributed by atoms with Crippen molar-refractivity contribution in [2.75, 3.05) is 10.6 Å². The van der Waals surface area contributed by atoms with Crippen LogP contribution in [0.1, 0.15) is 5.56 Å². The molecule has 2 aromatic heterocycles. The Kier molecular flexibility index (Phi) is 4.20. The molecule has 0 aliphatic carbocycles. The highest BCUT2D eigenvalue weighted by molar-refractivity contribution is 5.58. The molecular formula is C16H14FN5.